The van der Waals surface area contributed by atoms with E-state index in [0.29, 0.717) is 10.7 Å². The van der Waals surface area contributed by atoms with Gasteiger partial charge < -0.3 is 0 Å². The maximum atomic E-state index is 6.28. The number of halogens is 1. The fourth-order valence-electron chi connectivity index (χ4n) is 2.45. The lowest BCUT2D eigenvalue weighted by Gasteiger charge is -2.08. The van der Waals surface area contributed by atoms with Gasteiger partial charge in [0.05, 0.1) is 15.9 Å². The van der Waals surface area contributed by atoms with Crippen LogP contribution in [0.2, 0.25) is 5.02 Å². The first-order valence-electron chi connectivity index (χ1n) is 6.67. The van der Waals surface area contributed by atoms with Gasteiger partial charge in [-0.25, -0.2) is 0 Å². The second-order valence-corrected chi connectivity index (χ2v) is 5.81. The largest absolute Gasteiger partial charge is 0.193 e. The molecule has 3 heteroatoms. The highest BCUT2D eigenvalue weighted by molar-refractivity contribution is 7.78. The van der Waals surface area contributed by atoms with Gasteiger partial charge in [-0.2, -0.15) is 4.99 Å². The van der Waals surface area contributed by atoms with E-state index >= 15 is 0 Å². The lowest BCUT2D eigenvalue weighted by molar-refractivity contribution is 1.13. The Labute approximate surface area is 129 Å². The summed E-state index contributed by atoms with van der Waals surface area (Å²) in [5.41, 5.74) is 5.45. The van der Waals surface area contributed by atoms with Gasteiger partial charge in [-0.15, -0.1) is 0 Å². The van der Waals surface area contributed by atoms with E-state index in [-0.39, 0.29) is 0 Å². The van der Waals surface area contributed by atoms with Crippen molar-refractivity contribution < 1.29 is 0 Å². The minimum atomic E-state index is 0.614. The molecule has 1 aliphatic carbocycles. The van der Waals surface area contributed by atoms with Gasteiger partial charge in [0, 0.05) is 0 Å². The summed E-state index contributed by atoms with van der Waals surface area (Å²) in [5.74, 6) is 0.786. The minimum absolute atomic E-state index is 0.614. The van der Waals surface area contributed by atoms with Crippen molar-refractivity contribution in [1.29, 1.82) is 0 Å². The van der Waals surface area contributed by atoms with Gasteiger partial charge in [0.15, 0.2) is 0 Å². The number of hydrogen-bond donors (Lipinski definition) is 0. The van der Waals surface area contributed by atoms with Crippen LogP contribution in [0.15, 0.2) is 41.4 Å². The van der Waals surface area contributed by atoms with Gasteiger partial charge in [-0.05, 0) is 72.3 Å². The SMILES string of the molecule is Cc1cc(-c2ccc(C3CC3)cc2)cc(Cl)c1N=C=S. The van der Waals surface area contributed by atoms with Crippen LogP contribution in [0, 0.1) is 6.92 Å². The molecular weight excluding hydrogens is 286 g/mol. The van der Waals surface area contributed by atoms with E-state index in [1.165, 1.54) is 24.0 Å². The normalized spacial score (nSPS) is 13.9. The molecule has 0 heterocycles. The molecule has 0 aliphatic heterocycles. The Kier molecular flexibility index (Phi) is 3.71. The number of aliphatic imine (C=N–C) groups is 1. The van der Waals surface area contributed by atoms with Crippen molar-refractivity contribution in [3.63, 3.8) is 0 Å². The summed E-state index contributed by atoms with van der Waals surface area (Å²) in [6.07, 6.45) is 2.66. The highest BCUT2D eigenvalue weighted by Gasteiger charge is 2.23. The molecule has 0 N–H and O–H groups in total. The predicted octanol–water partition coefficient (Wildman–Crippen LogP) is 5.93. The summed E-state index contributed by atoms with van der Waals surface area (Å²) in [4.78, 5) is 4.02. The number of aryl methyl sites for hydroxylation is 1. The van der Waals surface area contributed by atoms with E-state index in [9.17, 15) is 0 Å². The van der Waals surface area contributed by atoms with Crippen LogP contribution in [0.4, 0.5) is 5.69 Å². The van der Waals surface area contributed by atoms with Gasteiger partial charge in [-0.1, -0.05) is 35.9 Å². The van der Waals surface area contributed by atoms with Crippen molar-refractivity contribution in [2.24, 2.45) is 4.99 Å². The number of nitrogens with zero attached hydrogens (tertiary/aromatic N) is 1. The van der Waals surface area contributed by atoms with Crippen molar-refractivity contribution in [3.8, 4) is 11.1 Å². The first-order valence-corrected chi connectivity index (χ1v) is 7.46. The molecule has 3 rings (SSSR count). The van der Waals surface area contributed by atoms with Gasteiger partial charge in [0.2, 0.25) is 0 Å². The van der Waals surface area contributed by atoms with Crippen molar-refractivity contribution in [3.05, 3.63) is 52.5 Å². The van der Waals surface area contributed by atoms with E-state index in [4.69, 9.17) is 11.6 Å². The lowest BCUT2D eigenvalue weighted by Crippen LogP contribution is -1.84. The van der Waals surface area contributed by atoms with E-state index in [1.807, 2.05) is 13.0 Å². The first kappa shape index (κ1) is 13.5. The average Bonchev–Trinajstić information content (AvgIpc) is 3.27. The quantitative estimate of drug-likeness (QED) is 0.505. The second kappa shape index (κ2) is 5.49. The zero-order chi connectivity index (χ0) is 14.1. The molecule has 0 atom stereocenters. The second-order valence-electron chi connectivity index (χ2n) is 5.22. The number of hydrogen-bond acceptors (Lipinski definition) is 2. The maximum Gasteiger partial charge on any atom is 0.0955 e. The molecule has 20 heavy (non-hydrogen) atoms. The molecule has 100 valence electrons. The lowest BCUT2D eigenvalue weighted by atomic mass is 10.00. The Morgan fingerprint density at radius 2 is 1.85 bits per heavy atom. The number of benzene rings is 2. The highest BCUT2D eigenvalue weighted by Crippen LogP contribution is 2.41. The smallest absolute Gasteiger partial charge is 0.0955 e. The summed E-state index contributed by atoms with van der Waals surface area (Å²) in [6.45, 7) is 1.99. The summed E-state index contributed by atoms with van der Waals surface area (Å²) in [6, 6.07) is 12.8. The van der Waals surface area contributed by atoms with Gasteiger partial charge in [0.1, 0.15) is 0 Å². The fourth-order valence-corrected chi connectivity index (χ4v) is 2.85. The molecule has 0 aromatic heterocycles. The van der Waals surface area contributed by atoms with Crippen molar-refractivity contribution >= 4 is 34.7 Å². The number of isothiocyanates is 1. The Balaban J connectivity index is 1.99. The molecule has 0 unspecified atom stereocenters. The van der Waals surface area contributed by atoms with Gasteiger partial charge in [0.25, 0.3) is 0 Å². The molecule has 0 radical (unpaired) electrons. The molecule has 2 aromatic rings. The molecule has 1 aliphatic rings. The van der Waals surface area contributed by atoms with E-state index in [0.717, 1.165) is 17.0 Å². The Morgan fingerprint density at radius 1 is 1.15 bits per heavy atom. The Hall–Kier alpha value is -1.47. The topological polar surface area (TPSA) is 12.4 Å². The van der Waals surface area contributed by atoms with Gasteiger partial charge >= 0.3 is 0 Å². The van der Waals surface area contributed by atoms with Crippen LogP contribution < -0.4 is 0 Å². The van der Waals surface area contributed by atoms with Crippen LogP contribution in [-0.2, 0) is 0 Å². The minimum Gasteiger partial charge on any atom is -0.193 e. The third-order valence-electron chi connectivity index (χ3n) is 3.70. The van der Waals surface area contributed by atoms with E-state index < -0.39 is 0 Å². The molecule has 0 spiro atoms. The zero-order valence-corrected chi connectivity index (χ0v) is 12.8. The van der Waals surface area contributed by atoms with Crippen LogP contribution >= 0.6 is 23.8 Å². The standard InChI is InChI=1S/C17H14ClNS/c1-11-8-15(9-16(18)17(11)19-10-20)14-6-4-13(5-7-14)12-2-3-12/h4-9,12H,2-3H2,1H3. The van der Waals surface area contributed by atoms with Crippen molar-refractivity contribution in [1.82, 2.24) is 0 Å². The molecule has 1 nitrogen and oxygen atoms in total. The molecular formula is C17H14ClNS. The number of rotatable bonds is 3. The zero-order valence-electron chi connectivity index (χ0n) is 11.2. The van der Waals surface area contributed by atoms with Crippen LogP contribution in [0.5, 0.6) is 0 Å². The van der Waals surface area contributed by atoms with E-state index in [1.54, 1.807) is 0 Å². The molecule has 2 aromatic carbocycles. The predicted molar refractivity (Wildman–Crippen MR) is 88.3 cm³/mol. The van der Waals surface area contributed by atoms with Crippen LogP contribution in [0.25, 0.3) is 11.1 Å². The Bertz CT molecular complexity index is 672. The molecule has 1 saturated carbocycles. The third-order valence-corrected chi connectivity index (χ3v) is 4.08. The highest BCUT2D eigenvalue weighted by atomic mass is 35.5. The summed E-state index contributed by atoms with van der Waals surface area (Å²) >= 11 is 10.9. The number of thiocarbonyl (C=S) groups is 1. The van der Waals surface area contributed by atoms with Crippen LogP contribution in [-0.4, -0.2) is 5.16 Å². The van der Waals surface area contributed by atoms with Crippen LogP contribution in [0.1, 0.15) is 29.9 Å². The molecule has 0 bridgehead atoms. The van der Waals surface area contributed by atoms with Crippen molar-refractivity contribution in [2.75, 3.05) is 0 Å². The average molecular weight is 300 g/mol. The first-order chi connectivity index (χ1) is 9.69. The summed E-state index contributed by atoms with van der Waals surface area (Å²) in [7, 11) is 0. The molecule has 0 saturated heterocycles. The van der Waals surface area contributed by atoms with Crippen molar-refractivity contribution in [2.45, 2.75) is 25.7 Å². The molecule has 1 fully saturated rings. The third kappa shape index (κ3) is 2.69. The molecule has 0 amide bonds. The van der Waals surface area contributed by atoms with Crippen LogP contribution in [0.3, 0.4) is 0 Å². The summed E-state index contributed by atoms with van der Waals surface area (Å²) < 4.78 is 0. The van der Waals surface area contributed by atoms with E-state index in [2.05, 4.69) is 52.7 Å². The van der Waals surface area contributed by atoms with Gasteiger partial charge in [-0.3, -0.25) is 0 Å². The summed E-state index contributed by atoms with van der Waals surface area (Å²) in [5, 5.41) is 2.99. The maximum absolute atomic E-state index is 6.28. The monoisotopic (exact) mass is 299 g/mol. The fraction of sp³-hybridized carbons (Fsp3) is 0.235. The Morgan fingerprint density at radius 3 is 2.40 bits per heavy atom.